The van der Waals surface area contributed by atoms with E-state index in [0.29, 0.717) is 6.61 Å². The van der Waals surface area contributed by atoms with Crippen LogP contribution in [0, 0.1) is 5.82 Å². The first kappa shape index (κ1) is 9.09. The Balaban J connectivity index is 2.73. The number of aromatic nitrogens is 1. The molecule has 1 atom stereocenters. The lowest BCUT2D eigenvalue weighted by atomic mass is 10.1. The van der Waals surface area contributed by atoms with Crippen LogP contribution < -0.4 is 5.90 Å². The van der Waals surface area contributed by atoms with E-state index in [1.807, 2.05) is 6.92 Å². The topological polar surface area (TPSA) is 48.1 Å². The predicted molar refractivity (Wildman–Crippen MR) is 42.7 cm³/mol. The molecule has 0 bridgehead atoms. The van der Waals surface area contributed by atoms with E-state index < -0.39 is 0 Å². The van der Waals surface area contributed by atoms with Gasteiger partial charge in [0.15, 0.2) is 0 Å². The average Bonchev–Trinajstić information content (AvgIpc) is 2.05. The van der Waals surface area contributed by atoms with Gasteiger partial charge >= 0.3 is 0 Å². The molecule has 0 saturated carbocycles. The third-order valence-electron chi connectivity index (χ3n) is 1.64. The Kier molecular flexibility index (Phi) is 3.13. The molecule has 0 spiro atoms. The Hall–Kier alpha value is -1.00. The van der Waals surface area contributed by atoms with Gasteiger partial charge in [0.2, 0.25) is 0 Å². The second-order valence-electron chi connectivity index (χ2n) is 2.67. The third kappa shape index (κ3) is 2.25. The van der Waals surface area contributed by atoms with Crippen molar-refractivity contribution in [3.05, 3.63) is 29.8 Å². The van der Waals surface area contributed by atoms with Crippen molar-refractivity contribution >= 4 is 0 Å². The average molecular weight is 170 g/mol. The van der Waals surface area contributed by atoms with Crippen molar-refractivity contribution in [3.63, 3.8) is 0 Å². The number of nitrogens with two attached hydrogens (primary N) is 1. The van der Waals surface area contributed by atoms with Crippen molar-refractivity contribution in [1.82, 2.24) is 4.98 Å². The summed E-state index contributed by atoms with van der Waals surface area (Å²) in [5, 5.41) is 0. The predicted octanol–water partition coefficient (Wildman–Crippen LogP) is 1.21. The molecule has 1 unspecified atom stereocenters. The van der Waals surface area contributed by atoms with Gasteiger partial charge in [-0.3, -0.25) is 4.98 Å². The number of nitrogens with zero attached hydrogens (tertiary/aromatic N) is 1. The summed E-state index contributed by atoms with van der Waals surface area (Å²) in [4.78, 5) is 8.16. The summed E-state index contributed by atoms with van der Waals surface area (Å²) >= 11 is 0. The van der Waals surface area contributed by atoms with E-state index in [2.05, 4.69) is 9.82 Å². The molecule has 0 aliphatic heterocycles. The molecule has 0 radical (unpaired) electrons. The Morgan fingerprint density at radius 3 is 3.00 bits per heavy atom. The Labute approximate surface area is 70.3 Å². The molecule has 66 valence electrons. The van der Waals surface area contributed by atoms with E-state index in [-0.39, 0.29) is 11.7 Å². The Morgan fingerprint density at radius 2 is 2.42 bits per heavy atom. The lowest BCUT2D eigenvalue weighted by Gasteiger charge is -2.08. The highest BCUT2D eigenvalue weighted by Gasteiger charge is 2.05. The van der Waals surface area contributed by atoms with Gasteiger partial charge in [-0.15, -0.1) is 0 Å². The van der Waals surface area contributed by atoms with E-state index in [0.717, 1.165) is 5.56 Å². The van der Waals surface area contributed by atoms with Crippen LogP contribution in [-0.2, 0) is 4.84 Å². The van der Waals surface area contributed by atoms with Crippen LogP contribution in [0.25, 0.3) is 0 Å². The van der Waals surface area contributed by atoms with Crippen LogP contribution in [-0.4, -0.2) is 11.6 Å². The van der Waals surface area contributed by atoms with E-state index in [1.165, 1.54) is 12.3 Å². The molecule has 0 amide bonds. The summed E-state index contributed by atoms with van der Waals surface area (Å²) in [6.45, 7) is 2.26. The molecule has 3 nitrogen and oxygen atoms in total. The first-order valence-electron chi connectivity index (χ1n) is 3.66. The molecule has 0 saturated heterocycles. The zero-order chi connectivity index (χ0) is 8.97. The van der Waals surface area contributed by atoms with Gasteiger partial charge in [-0.25, -0.2) is 10.3 Å². The molecule has 1 rings (SSSR count). The molecule has 0 aliphatic carbocycles. The van der Waals surface area contributed by atoms with Crippen molar-refractivity contribution in [1.29, 1.82) is 0 Å². The lowest BCUT2D eigenvalue weighted by Crippen LogP contribution is -2.08. The zero-order valence-corrected chi connectivity index (χ0v) is 6.83. The summed E-state index contributed by atoms with van der Waals surface area (Å²) < 4.78 is 12.6. The van der Waals surface area contributed by atoms with Crippen LogP contribution >= 0.6 is 0 Å². The molecule has 1 aromatic rings. The van der Waals surface area contributed by atoms with E-state index in [9.17, 15) is 4.39 Å². The zero-order valence-electron chi connectivity index (χ0n) is 6.83. The molecular formula is C8H11FN2O. The first-order chi connectivity index (χ1) is 5.74. The molecule has 4 heteroatoms. The number of pyridine rings is 1. The van der Waals surface area contributed by atoms with Crippen molar-refractivity contribution in [2.45, 2.75) is 12.8 Å². The Bertz CT molecular complexity index is 255. The van der Waals surface area contributed by atoms with Crippen LogP contribution in [0.15, 0.2) is 18.5 Å². The van der Waals surface area contributed by atoms with E-state index in [1.54, 1.807) is 6.20 Å². The van der Waals surface area contributed by atoms with Gasteiger partial charge in [0, 0.05) is 12.1 Å². The molecule has 0 fully saturated rings. The Morgan fingerprint density at radius 1 is 1.67 bits per heavy atom. The fourth-order valence-electron chi connectivity index (χ4n) is 0.938. The fourth-order valence-corrected chi connectivity index (χ4v) is 0.938. The molecule has 1 aromatic heterocycles. The van der Waals surface area contributed by atoms with Crippen molar-refractivity contribution in [3.8, 4) is 0 Å². The number of rotatable bonds is 3. The standard InChI is InChI=1S/C8H11FN2O/c1-6(5-12-10)7-2-8(9)4-11-3-7/h2-4,6H,5,10H2,1H3. The second-order valence-corrected chi connectivity index (χ2v) is 2.67. The smallest absolute Gasteiger partial charge is 0.141 e. The number of halogens is 1. The van der Waals surface area contributed by atoms with Crippen molar-refractivity contribution < 1.29 is 9.23 Å². The normalized spacial score (nSPS) is 12.9. The summed E-state index contributed by atoms with van der Waals surface area (Å²) in [6, 6.07) is 1.43. The van der Waals surface area contributed by atoms with Crippen molar-refractivity contribution in [2.75, 3.05) is 6.61 Å². The maximum absolute atomic E-state index is 12.6. The minimum atomic E-state index is -0.337. The molecular weight excluding hydrogens is 159 g/mol. The van der Waals surface area contributed by atoms with Gasteiger partial charge in [-0.05, 0) is 11.6 Å². The van der Waals surface area contributed by atoms with Gasteiger partial charge in [-0.1, -0.05) is 6.92 Å². The van der Waals surface area contributed by atoms with Crippen LogP contribution in [0.4, 0.5) is 4.39 Å². The lowest BCUT2D eigenvalue weighted by molar-refractivity contribution is 0.126. The quantitative estimate of drug-likeness (QED) is 0.694. The summed E-state index contributed by atoms with van der Waals surface area (Å²) in [7, 11) is 0. The van der Waals surface area contributed by atoms with Gasteiger partial charge in [-0.2, -0.15) is 0 Å². The monoisotopic (exact) mass is 170 g/mol. The highest BCUT2D eigenvalue weighted by Crippen LogP contribution is 2.14. The van der Waals surface area contributed by atoms with Crippen LogP contribution in [0.1, 0.15) is 18.4 Å². The second kappa shape index (κ2) is 4.13. The van der Waals surface area contributed by atoms with E-state index in [4.69, 9.17) is 5.90 Å². The first-order valence-corrected chi connectivity index (χ1v) is 3.66. The van der Waals surface area contributed by atoms with Gasteiger partial charge in [0.05, 0.1) is 12.8 Å². The molecule has 0 aromatic carbocycles. The van der Waals surface area contributed by atoms with E-state index >= 15 is 0 Å². The van der Waals surface area contributed by atoms with Crippen LogP contribution in [0.5, 0.6) is 0 Å². The summed E-state index contributed by atoms with van der Waals surface area (Å²) in [6.07, 6.45) is 2.77. The van der Waals surface area contributed by atoms with Crippen molar-refractivity contribution in [2.24, 2.45) is 5.90 Å². The molecule has 2 N–H and O–H groups in total. The minimum absolute atomic E-state index is 0.0678. The molecule has 0 aliphatic rings. The third-order valence-corrected chi connectivity index (χ3v) is 1.64. The largest absolute Gasteiger partial charge is 0.304 e. The van der Waals surface area contributed by atoms with Crippen LogP contribution in [0.3, 0.4) is 0 Å². The van der Waals surface area contributed by atoms with Gasteiger partial charge in [0.25, 0.3) is 0 Å². The van der Waals surface area contributed by atoms with Gasteiger partial charge in [0.1, 0.15) is 5.82 Å². The highest BCUT2D eigenvalue weighted by atomic mass is 19.1. The summed E-state index contributed by atoms with van der Waals surface area (Å²) in [5.41, 5.74) is 0.792. The number of hydrogen-bond acceptors (Lipinski definition) is 3. The van der Waals surface area contributed by atoms with Crippen LogP contribution in [0.2, 0.25) is 0 Å². The SMILES string of the molecule is CC(CON)c1cncc(F)c1. The fraction of sp³-hybridized carbons (Fsp3) is 0.375. The molecule has 12 heavy (non-hydrogen) atoms. The maximum atomic E-state index is 12.6. The highest BCUT2D eigenvalue weighted by molar-refractivity contribution is 5.14. The minimum Gasteiger partial charge on any atom is -0.304 e. The number of hydrogen-bond donors (Lipinski definition) is 1. The van der Waals surface area contributed by atoms with Gasteiger partial charge < -0.3 is 4.84 Å². The molecule has 1 heterocycles. The summed E-state index contributed by atoms with van der Waals surface area (Å²) in [5.74, 6) is 4.62. The maximum Gasteiger partial charge on any atom is 0.141 e.